The van der Waals surface area contributed by atoms with Crippen LogP contribution in [0.5, 0.6) is 5.75 Å². The van der Waals surface area contributed by atoms with Crippen LogP contribution < -0.4 is 15.0 Å². The Morgan fingerprint density at radius 1 is 1.07 bits per heavy atom. The van der Waals surface area contributed by atoms with Crippen LogP contribution in [0.1, 0.15) is 10.4 Å². The van der Waals surface area contributed by atoms with E-state index in [1.807, 2.05) is 4.83 Å². The van der Waals surface area contributed by atoms with Gasteiger partial charge in [0.05, 0.1) is 12.8 Å². The van der Waals surface area contributed by atoms with Gasteiger partial charge in [0.2, 0.25) is 0 Å². The summed E-state index contributed by atoms with van der Waals surface area (Å²) in [5.74, 6) is -1.27. The van der Waals surface area contributed by atoms with Crippen LogP contribution in [-0.4, -0.2) is 26.4 Å². The molecule has 0 aliphatic heterocycles. The van der Waals surface area contributed by atoms with E-state index in [2.05, 4.69) is 10.4 Å². The van der Waals surface area contributed by atoms with Crippen molar-refractivity contribution in [1.82, 2.24) is 15.2 Å². The number of aromatic nitrogens is 1. The van der Waals surface area contributed by atoms with E-state index in [1.165, 1.54) is 31.4 Å². The molecule has 9 heteroatoms. The molecule has 0 aliphatic carbocycles. The summed E-state index contributed by atoms with van der Waals surface area (Å²) in [6.45, 7) is 0. The molecule has 0 aliphatic rings. The second kappa shape index (κ2) is 8.15. The van der Waals surface area contributed by atoms with Gasteiger partial charge in [0.25, 0.3) is 15.9 Å². The molecular formula is C19H16FN3O4S. The normalized spacial score (nSPS) is 11.1. The molecule has 0 unspecified atom stereocenters. The zero-order valence-corrected chi connectivity index (χ0v) is 15.5. The Balaban J connectivity index is 1.84. The van der Waals surface area contributed by atoms with Crippen molar-refractivity contribution in [2.24, 2.45) is 0 Å². The fraction of sp³-hybridized carbons (Fsp3) is 0.0526. The van der Waals surface area contributed by atoms with E-state index in [9.17, 15) is 17.6 Å². The number of amides is 1. The minimum absolute atomic E-state index is 0.135. The van der Waals surface area contributed by atoms with Crippen molar-refractivity contribution in [2.75, 3.05) is 7.11 Å². The Labute approximate surface area is 161 Å². The summed E-state index contributed by atoms with van der Waals surface area (Å²) in [7, 11) is -2.83. The van der Waals surface area contributed by atoms with Crippen molar-refractivity contribution in [1.29, 1.82) is 0 Å². The lowest BCUT2D eigenvalue weighted by Gasteiger charge is -2.11. The molecule has 2 N–H and O–H groups in total. The predicted octanol–water partition coefficient (Wildman–Crippen LogP) is 2.52. The number of sulfonamides is 1. The Morgan fingerprint density at radius 3 is 2.50 bits per heavy atom. The largest absolute Gasteiger partial charge is 0.497 e. The lowest BCUT2D eigenvalue weighted by molar-refractivity contribution is 0.0944. The highest BCUT2D eigenvalue weighted by Crippen LogP contribution is 2.24. The van der Waals surface area contributed by atoms with Crippen molar-refractivity contribution in [2.45, 2.75) is 4.90 Å². The van der Waals surface area contributed by atoms with E-state index in [-0.39, 0.29) is 5.56 Å². The number of pyridine rings is 1. The predicted molar refractivity (Wildman–Crippen MR) is 100 cm³/mol. The third-order valence-electron chi connectivity index (χ3n) is 3.79. The van der Waals surface area contributed by atoms with Crippen LogP contribution in [0.2, 0.25) is 0 Å². The van der Waals surface area contributed by atoms with Gasteiger partial charge in [-0.3, -0.25) is 15.2 Å². The van der Waals surface area contributed by atoms with E-state index in [0.29, 0.717) is 17.0 Å². The number of nitrogens with one attached hydrogen (secondary N) is 2. The molecular weight excluding hydrogens is 385 g/mol. The zero-order chi connectivity index (χ0) is 20.1. The number of hydrogen-bond acceptors (Lipinski definition) is 5. The molecule has 0 radical (unpaired) electrons. The third-order valence-corrected chi connectivity index (χ3v) is 5.07. The molecule has 144 valence electrons. The standard InChI is InChI=1S/C19H16FN3O4S/c1-27-15-11-13(17-7-4-5-9-21-17)10-14(12-15)19(24)22-23-28(25,26)18-8-3-2-6-16(18)20/h2-12,23H,1H3,(H,22,24). The Hall–Kier alpha value is -3.30. The Kier molecular flexibility index (Phi) is 5.67. The molecule has 3 aromatic rings. The van der Waals surface area contributed by atoms with Crippen molar-refractivity contribution >= 4 is 15.9 Å². The number of rotatable bonds is 6. The maximum Gasteiger partial charge on any atom is 0.266 e. The molecule has 1 heterocycles. The first-order valence-electron chi connectivity index (χ1n) is 8.08. The topological polar surface area (TPSA) is 97.4 Å². The van der Waals surface area contributed by atoms with E-state index in [0.717, 1.165) is 12.1 Å². The lowest BCUT2D eigenvalue weighted by atomic mass is 10.1. The molecule has 0 saturated carbocycles. The first kappa shape index (κ1) is 19.5. The van der Waals surface area contributed by atoms with Gasteiger partial charge in [-0.2, -0.15) is 0 Å². The molecule has 1 amide bonds. The first-order valence-corrected chi connectivity index (χ1v) is 9.56. The van der Waals surface area contributed by atoms with Gasteiger partial charge in [-0.05, 0) is 42.5 Å². The Morgan fingerprint density at radius 2 is 1.82 bits per heavy atom. The number of hydrogen-bond donors (Lipinski definition) is 2. The molecule has 0 fully saturated rings. The number of nitrogens with zero attached hydrogens (tertiary/aromatic N) is 1. The van der Waals surface area contributed by atoms with Crippen LogP contribution in [0.3, 0.4) is 0 Å². The van der Waals surface area contributed by atoms with Crippen LogP contribution >= 0.6 is 0 Å². The summed E-state index contributed by atoms with van der Waals surface area (Å²) in [6, 6.07) is 14.8. The Bertz CT molecular complexity index is 1110. The summed E-state index contributed by atoms with van der Waals surface area (Å²) >= 11 is 0. The molecule has 7 nitrogen and oxygen atoms in total. The molecule has 0 spiro atoms. The third kappa shape index (κ3) is 4.33. The number of carbonyl (C=O) groups is 1. The second-order valence-electron chi connectivity index (χ2n) is 5.66. The van der Waals surface area contributed by atoms with Crippen LogP contribution in [0.25, 0.3) is 11.3 Å². The zero-order valence-electron chi connectivity index (χ0n) is 14.7. The summed E-state index contributed by atoms with van der Waals surface area (Å²) in [4.78, 5) is 18.0. The summed E-state index contributed by atoms with van der Waals surface area (Å²) in [6.07, 6.45) is 1.61. The van der Waals surface area contributed by atoms with Crippen molar-refractivity contribution in [3.05, 3.63) is 78.2 Å². The molecule has 0 atom stereocenters. The minimum Gasteiger partial charge on any atom is -0.497 e. The maximum atomic E-state index is 13.7. The van der Waals surface area contributed by atoms with Gasteiger partial charge in [0.15, 0.2) is 0 Å². The van der Waals surface area contributed by atoms with E-state index < -0.39 is 26.6 Å². The number of methoxy groups -OCH3 is 1. The van der Waals surface area contributed by atoms with E-state index in [1.54, 1.807) is 30.5 Å². The molecule has 3 rings (SSSR count). The second-order valence-corrected chi connectivity index (χ2v) is 7.31. The van der Waals surface area contributed by atoms with Crippen molar-refractivity contribution in [3.63, 3.8) is 0 Å². The molecule has 2 aromatic carbocycles. The van der Waals surface area contributed by atoms with Crippen LogP contribution in [0.15, 0.2) is 71.8 Å². The highest BCUT2D eigenvalue weighted by molar-refractivity contribution is 7.89. The SMILES string of the molecule is COc1cc(C(=O)NNS(=O)(=O)c2ccccc2F)cc(-c2ccccn2)c1. The van der Waals surface area contributed by atoms with Crippen LogP contribution in [0.4, 0.5) is 4.39 Å². The fourth-order valence-electron chi connectivity index (χ4n) is 2.43. The highest BCUT2D eigenvalue weighted by Gasteiger charge is 2.20. The molecule has 0 saturated heterocycles. The van der Waals surface area contributed by atoms with E-state index in [4.69, 9.17) is 4.74 Å². The van der Waals surface area contributed by atoms with E-state index >= 15 is 0 Å². The van der Waals surface area contributed by atoms with Crippen molar-refractivity contribution < 1.29 is 22.3 Å². The number of hydrazine groups is 1. The van der Waals surface area contributed by atoms with Gasteiger partial charge in [-0.15, -0.1) is 4.83 Å². The molecule has 28 heavy (non-hydrogen) atoms. The average Bonchev–Trinajstić information content (AvgIpc) is 2.72. The number of halogens is 1. The molecule has 1 aromatic heterocycles. The van der Waals surface area contributed by atoms with Gasteiger partial charge in [-0.25, -0.2) is 12.8 Å². The summed E-state index contributed by atoms with van der Waals surface area (Å²) in [5, 5.41) is 0. The smallest absolute Gasteiger partial charge is 0.266 e. The van der Waals surface area contributed by atoms with Gasteiger partial charge in [-0.1, -0.05) is 18.2 Å². The lowest BCUT2D eigenvalue weighted by Crippen LogP contribution is -2.41. The van der Waals surface area contributed by atoms with Gasteiger partial charge < -0.3 is 4.74 Å². The van der Waals surface area contributed by atoms with Crippen molar-refractivity contribution in [3.8, 4) is 17.0 Å². The monoisotopic (exact) mass is 401 g/mol. The summed E-state index contributed by atoms with van der Waals surface area (Å²) < 4.78 is 43.3. The van der Waals surface area contributed by atoms with Crippen LogP contribution in [-0.2, 0) is 10.0 Å². The van der Waals surface area contributed by atoms with Gasteiger partial charge >= 0.3 is 0 Å². The fourth-order valence-corrected chi connectivity index (χ4v) is 3.35. The van der Waals surface area contributed by atoms with Gasteiger partial charge in [0, 0.05) is 17.3 Å². The maximum absolute atomic E-state index is 13.7. The average molecular weight is 401 g/mol. The van der Waals surface area contributed by atoms with Gasteiger partial charge in [0.1, 0.15) is 16.5 Å². The van der Waals surface area contributed by atoms with Crippen LogP contribution in [0, 0.1) is 5.82 Å². The summed E-state index contributed by atoms with van der Waals surface area (Å²) in [5.41, 5.74) is 3.44. The quantitative estimate of drug-likeness (QED) is 0.619. The highest BCUT2D eigenvalue weighted by atomic mass is 32.2. The number of benzene rings is 2. The number of carbonyl (C=O) groups excluding carboxylic acids is 1. The first-order chi connectivity index (χ1) is 13.4. The molecule has 0 bridgehead atoms. The number of ether oxygens (including phenoxy) is 1. The minimum atomic E-state index is -4.27.